The molecule has 6 nitrogen and oxygen atoms in total. The third kappa shape index (κ3) is 5.29. The molecule has 2 amide bonds. The summed E-state index contributed by atoms with van der Waals surface area (Å²) in [6.07, 6.45) is 1.67. The highest BCUT2D eigenvalue weighted by atomic mass is 16.6. The summed E-state index contributed by atoms with van der Waals surface area (Å²) in [5.41, 5.74) is 2.13. The van der Waals surface area contributed by atoms with Crippen LogP contribution in [0.5, 0.6) is 17.2 Å². The van der Waals surface area contributed by atoms with Gasteiger partial charge in [-0.15, -0.1) is 0 Å². The Bertz CT molecular complexity index is 776. The molecule has 0 radical (unpaired) electrons. The van der Waals surface area contributed by atoms with Crippen molar-refractivity contribution in [3.8, 4) is 17.2 Å². The molecule has 0 spiro atoms. The van der Waals surface area contributed by atoms with Gasteiger partial charge in [-0.3, -0.25) is 0 Å². The zero-order valence-corrected chi connectivity index (χ0v) is 15.8. The molecule has 144 valence electrons. The van der Waals surface area contributed by atoms with E-state index in [-0.39, 0.29) is 17.8 Å². The van der Waals surface area contributed by atoms with E-state index < -0.39 is 0 Å². The van der Waals surface area contributed by atoms with Crippen molar-refractivity contribution in [2.45, 2.75) is 32.4 Å². The largest absolute Gasteiger partial charge is 0.508 e. The highest BCUT2D eigenvalue weighted by molar-refractivity contribution is 5.74. The van der Waals surface area contributed by atoms with Crippen LogP contribution in [0.2, 0.25) is 0 Å². The van der Waals surface area contributed by atoms with Gasteiger partial charge in [0.05, 0.1) is 0 Å². The van der Waals surface area contributed by atoms with Gasteiger partial charge in [-0.1, -0.05) is 18.2 Å². The summed E-state index contributed by atoms with van der Waals surface area (Å²) in [5, 5.41) is 12.3. The zero-order valence-electron chi connectivity index (χ0n) is 15.8. The Morgan fingerprint density at radius 2 is 1.78 bits per heavy atom. The summed E-state index contributed by atoms with van der Waals surface area (Å²) >= 11 is 0. The normalized spacial score (nSPS) is 13.7. The van der Waals surface area contributed by atoms with Crippen molar-refractivity contribution >= 4 is 6.03 Å². The number of aryl methyl sites for hydroxylation is 1. The lowest BCUT2D eigenvalue weighted by atomic mass is 10.1. The number of hydrogen-bond acceptors (Lipinski definition) is 4. The highest BCUT2D eigenvalue weighted by Crippen LogP contribution is 2.31. The maximum atomic E-state index is 12.4. The summed E-state index contributed by atoms with van der Waals surface area (Å²) in [4.78, 5) is 14.1. The minimum absolute atomic E-state index is 0.0500. The predicted octanol–water partition coefficient (Wildman–Crippen LogP) is 3.33. The van der Waals surface area contributed by atoms with Gasteiger partial charge in [0.25, 0.3) is 0 Å². The lowest BCUT2D eigenvalue weighted by Crippen LogP contribution is -2.41. The molecule has 3 rings (SSSR count). The van der Waals surface area contributed by atoms with Crippen LogP contribution in [0.4, 0.5) is 4.79 Å². The molecule has 0 aromatic heterocycles. The molecular formula is C21H26N2O4. The molecular weight excluding hydrogens is 344 g/mol. The van der Waals surface area contributed by atoms with E-state index in [4.69, 9.17) is 9.47 Å². The van der Waals surface area contributed by atoms with E-state index in [1.54, 1.807) is 24.1 Å². The van der Waals surface area contributed by atoms with Crippen LogP contribution < -0.4 is 14.8 Å². The zero-order chi connectivity index (χ0) is 19.2. The standard InChI is InChI=1S/C21H26N2O4/c1-15(3-4-16-5-8-18(24)9-6-16)22-21(25)23(2)14-17-7-10-19-20(13-17)27-12-11-26-19/h5-10,13,15,24H,3-4,11-12,14H2,1-2H3,(H,22,25). The van der Waals surface area contributed by atoms with E-state index in [9.17, 15) is 9.90 Å². The van der Waals surface area contributed by atoms with E-state index in [2.05, 4.69) is 5.32 Å². The average Bonchev–Trinajstić information content (AvgIpc) is 2.67. The first-order valence-corrected chi connectivity index (χ1v) is 9.19. The number of ether oxygens (including phenoxy) is 2. The van der Waals surface area contributed by atoms with Crippen LogP contribution >= 0.6 is 0 Å². The molecule has 1 heterocycles. The van der Waals surface area contributed by atoms with Gasteiger partial charge < -0.3 is 24.8 Å². The van der Waals surface area contributed by atoms with Crippen LogP contribution in [0, 0.1) is 0 Å². The van der Waals surface area contributed by atoms with Crippen LogP contribution in [0.25, 0.3) is 0 Å². The Morgan fingerprint density at radius 3 is 2.52 bits per heavy atom. The second-order valence-electron chi connectivity index (χ2n) is 6.89. The molecule has 27 heavy (non-hydrogen) atoms. The van der Waals surface area contributed by atoms with E-state index in [1.165, 1.54) is 0 Å². The Kier molecular flexibility index (Phi) is 6.06. The van der Waals surface area contributed by atoms with Gasteiger partial charge in [0.2, 0.25) is 0 Å². The number of fused-ring (bicyclic) bond motifs is 1. The van der Waals surface area contributed by atoms with Crippen molar-refractivity contribution in [3.05, 3.63) is 53.6 Å². The molecule has 6 heteroatoms. The minimum Gasteiger partial charge on any atom is -0.508 e. The predicted molar refractivity (Wildman–Crippen MR) is 103 cm³/mol. The monoisotopic (exact) mass is 370 g/mol. The molecule has 1 aliphatic heterocycles. The number of urea groups is 1. The lowest BCUT2D eigenvalue weighted by molar-refractivity contribution is 0.171. The fourth-order valence-electron chi connectivity index (χ4n) is 2.97. The lowest BCUT2D eigenvalue weighted by Gasteiger charge is -2.23. The van der Waals surface area contributed by atoms with Crippen molar-refractivity contribution in [3.63, 3.8) is 0 Å². The number of carbonyl (C=O) groups excluding carboxylic acids is 1. The molecule has 0 aliphatic carbocycles. The van der Waals surface area contributed by atoms with Crippen LogP contribution in [0.15, 0.2) is 42.5 Å². The van der Waals surface area contributed by atoms with Crippen molar-refractivity contribution in [1.29, 1.82) is 0 Å². The second kappa shape index (κ2) is 8.66. The van der Waals surface area contributed by atoms with E-state index in [1.807, 2.05) is 37.3 Å². The summed E-state index contributed by atoms with van der Waals surface area (Å²) in [6, 6.07) is 12.9. The molecule has 1 atom stereocenters. The number of phenols is 1. The van der Waals surface area contributed by atoms with E-state index in [0.29, 0.717) is 19.8 Å². The van der Waals surface area contributed by atoms with Gasteiger partial charge >= 0.3 is 6.03 Å². The molecule has 0 saturated carbocycles. The maximum Gasteiger partial charge on any atom is 0.317 e. The first-order chi connectivity index (χ1) is 13.0. The van der Waals surface area contributed by atoms with Crippen LogP contribution in [0.3, 0.4) is 0 Å². The fraction of sp³-hybridized carbons (Fsp3) is 0.381. The van der Waals surface area contributed by atoms with Gasteiger partial charge in [-0.25, -0.2) is 4.79 Å². The Balaban J connectivity index is 1.47. The number of phenolic OH excluding ortho intramolecular Hbond substituents is 1. The third-order valence-electron chi connectivity index (χ3n) is 4.55. The maximum absolute atomic E-state index is 12.4. The molecule has 1 aliphatic rings. The number of benzene rings is 2. The third-order valence-corrected chi connectivity index (χ3v) is 4.55. The van der Waals surface area contributed by atoms with Crippen LogP contribution in [-0.4, -0.2) is 42.3 Å². The Labute approximate surface area is 159 Å². The summed E-state index contributed by atoms with van der Waals surface area (Å²) in [7, 11) is 1.78. The second-order valence-corrected chi connectivity index (χ2v) is 6.89. The summed E-state index contributed by atoms with van der Waals surface area (Å²) in [6.45, 7) is 3.60. The van der Waals surface area contributed by atoms with Gasteiger partial charge in [0.15, 0.2) is 11.5 Å². The van der Waals surface area contributed by atoms with Crippen molar-refractivity contribution in [2.24, 2.45) is 0 Å². The topological polar surface area (TPSA) is 71.0 Å². The van der Waals surface area contributed by atoms with Gasteiger partial charge in [0, 0.05) is 19.6 Å². The SMILES string of the molecule is CC(CCc1ccc(O)cc1)NC(=O)N(C)Cc1ccc2c(c1)OCCO2. The molecule has 0 bridgehead atoms. The average molecular weight is 370 g/mol. The molecule has 1 unspecified atom stereocenters. The van der Waals surface area contributed by atoms with Crippen molar-refractivity contribution < 1.29 is 19.4 Å². The molecule has 2 aromatic rings. The van der Waals surface area contributed by atoms with Crippen molar-refractivity contribution in [2.75, 3.05) is 20.3 Å². The number of hydrogen-bond donors (Lipinski definition) is 2. The Morgan fingerprint density at radius 1 is 1.11 bits per heavy atom. The molecule has 2 aromatic carbocycles. The van der Waals surface area contributed by atoms with Crippen molar-refractivity contribution in [1.82, 2.24) is 10.2 Å². The number of amides is 2. The van der Waals surface area contributed by atoms with E-state index in [0.717, 1.165) is 35.5 Å². The van der Waals surface area contributed by atoms with Gasteiger partial charge in [-0.2, -0.15) is 0 Å². The fourth-order valence-corrected chi connectivity index (χ4v) is 2.97. The molecule has 0 fully saturated rings. The number of rotatable bonds is 6. The number of nitrogens with one attached hydrogen (secondary N) is 1. The first-order valence-electron chi connectivity index (χ1n) is 9.19. The highest BCUT2D eigenvalue weighted by Gasteiger charge is 2.15. The minimum atomic E-state index is -0.108. The smallest absolute Gasteiger partial charge is 0.317 e. The first kappa shape index (κ1) is 18.9. The van der Waals surface area contributed by atoms with Gasteiger partial charge in [-0.05, 0) is 55.2 Å². The van der Waals surface area contributed by atoms with E-state index >= 15 is 0 Å². The quantitative estimate of drug-likeness (QED) is 0.818. The number of carbonyl (C=O) groups is 1. The summed E-state index contributed by atoms with van der Waals surface area (Å²) in [5.74, 6) is 1.75. The molecule has 0 saturated heterocycles. The number of aromatic hydroxyl groups is 1. The van der Waals surface area contributed by atoms with Crippen LogP contribution in [0.1, 0.15) is 24.5 Å². The molecule has 2 N–H and O–H groups in total. The Hall–Kier alpha value is -2.89. The van der Waals surface area contributed by atoms with Gasteiger partial charge in [0.1, 0.15) is 19.0 Å². The summed E-state index contributed by atoms with van der Waals surface area (Å²) < 4.78 is 11.1. The van der Waals surface area contributed by atoms with Crippen LogP contribution in [-0.2, 0) is 13.0 Å². The number of nitrogens with zero attached hydrogens (tertiary/aromatic N) is 1.